The van der Waals surface area contributed by atoms with Crippen molar-refractivity contribution in [2.24, 2.45) is 0 Å². The summed E-state index contributed by atoms with van der Waals surface area (Å²) in [6.45, 7) is 1.90. The van der Waals surface area contributed by atoms with Crippen LogP contribution in [0.5, 0.6) is 0 Å². The lowest BCUT2D eigenvalue weighted by molar-refractivity contribution is -0.158. The van der Waals surface area contributed by atoms with E-state index in [9.17, 15) is 19.2 Å². The molecule has 0 unspecified atom stereocenters. The van der Waals surface area contributed by atoms with Gasteiger partial charge in [-0.1, -0.05) is 44.4 Å². The van der Waals surface area contributed by atoms with Gasteiger partial charge in [0.2, 0.25) is 11.8 Å². The molecule has 3 rings (SSSR count). The standard InChI is InChI=1S/C18H24N4O4S/c1-2-6-12-9-13(23)21-17(19-12)27-11-15(25)22-10-14(24)20-16(26)18(22)7-4-3-5-8-18/h9H,2-8,10-11H2,1H3,(H,19,21,23)(H,20,24,26). The number of piperazine rings is 1. The lowest BCUT2D eigenvalue weighted by atomic mass is 9.78. The molecule has 2 fully saturated rings. The summed E-state index contributed by atoms with van der Waals surface area (Å²) in [6, 6.07) is 1.46. The van der Waals surface area contributed by atoms with E-state index in [0.717, 1.165) is 37.4 Å². The number of aryl methyl sites for hydroxylation is 1. The number of nitrogens with one attached hydrogen (secondary N) is 2. The summed E-state index contributed by atoms with van der Waals surface area (Å²) in [5.41, 5.74) is -0.485. The highest BCUT2D eigenvalue weighted by atomic mass is 32.2. The predicted molar refractivity (Wildman–Crippen MR) is 100 cm³/mol. The number of rotatable bonds is 5. The van der Waals surface area contributed by atoms with Crippen molar-refractivity contribution < 1.29 is 14.4 Å². The molecule has 0 atom stereocenters. The van der Waals surface area contributed by atoms with E-state index in [-0.39, 0.29) is 29.7 Å². The summed E-state index contributed by atoms with van der Waals surface area (Å²) in [4.78, 5) is 57.5. The van der Waals surface area contributed by atoms with Crippen molar-refractivity contribution in [3.8, 4) is 0 Å². The van der Waals surface area contributed by atoms with E-state index >= 15 is 0 Å². The number of thioether (sulfide) groups is 1. The Morgan fingerprint density at radius 2 is 2.00 bits per heavy atom. The smallest absolute Gasteiger partial charge is 0.252 e. The Balaban J connectivity index is 1.75. The Morgan fingerprint density at radius 3 is 2.70 bits per heavy atom. The van der Waals surface area contributed by atoms with Gasteiger partial charge in [0, 0.05) is 11.8 Å². The van der Waals surface area contributed by atoms with E-state index in [1.165, 1.54) is 11.0 Å². The number of aromatic amines is 1. The van der Waals surface area contributed by atoms with Crippen LogP contribution in [0, 0.1) is 0 Å². The van der Waals surface area contributed by atoms with E-state index in [1.54, 1.807) is 0 Å². The van der Waals surface area contributed by atoms with Gasteiger partial charge in [-0.05, 0) is 19.3 Å². The molecular weight excluding hydrogens is 368 g/mol. The van der Waals surface area contributed by atoms with E-state index in [4.69, 9.17) is 0 Å². The first-order valence-corrected chi connectivity index (χ1v) is 10.3. The first kappa shape index (κ1) is 19.6. The van der Waals surface area contributed by atoms with Gasteiger partial charge in [0.25, 0.3) is 11.5 Å². The van der Waals surface area contributed by atoms with Crippen LogP contribution in [0.15, 0.2) is 16.0 Å². The third-order valence-corrected chi connectivity index (χ3v) is 5.95. The third-order valence-electron chi connectivity index (χ3n) is 5.09. The van der Waals surface area contributed by atoms with Crippen molar-refractivity contribution in [2.75, 3.05) is 12.3 Å². The average molecular weight is 392 g/mol. The van der Waals surface area contributed by atoms with Crippen LogP contribution in [0.1, 0.15) is 51.1 Å². The number of hydrogen-bond donors (Lipinski definition) is 2. The van der Waals surface area contributed by atoms with Crippen molar-refractivity contribution in [3.63, 3.8) is 0 Å². The summed E-state index contributed by atoms with van der Waals surface area (Å²) < 4.78 is 0. The van der Waals surface area contributed by atoms with Crippen molar-refractivity contribution in [1.29, 1.82) is 0 Å². The Bertz CT molecular complexity index is 801. The second kappa shape index (κ2) is 8.24. The molecule has 146 valence electrons. The largest absolute Gasteiger partial charge is 0.318 e. The maximum atomic E-state index is 12.9. The maximum Gasteiger partial charge on any atom is 0.252 e. The minimum atomic E-state index is -0.922. The van der Waals surface area contributed by atoms with Crippen LogP contribution in [0.4, 0.5) is 0 Å². The van der Waals surface area contributed by atoms with Crippen LogP contribution in [-0.2, 0) is 20.8 Å². The minimum absolute atomic E-state index is 0.0147. The van der Waals surface area contributed by atoms with Gasteiger partial charge in [-0.25, -0.2) is 4.98 Å². The van der Waals surface area contributed by atoms with Gasteiger partial charge in [0.15, 0.2) is 5.16 Å². The van der Waals surface area contributed by atoms with Gasteiger partial charge in [-0.3, -0.25) is 24.5 Å². The molecule has 2 aliphatic rings. The minimum Gasteiger partial charge on any atom is -0.318 e. The second-order valence-electron chi connectivity index (χ2n) is 7.03. The number of hydrogen-bond acceptors (Lipinski definition) is 6. The first-order valence-electron chi connectivity index (χ1n) is 9.32. The second-order valence-corrected chi connectivity index (χ2v) is 7.99. The van der Waals surface area contributed by atoms with Crippen molar-refractivity contribution in [3.05, 3.63) is 22.1 Å². The highest BCUT2D eigenvalue weighted by molar-refractivity contribution is 7.99. The maximum absolute atomic E-state index is 12.9. The number of H-pyrrole nitrogens is 1. The third kappa shape index (κ3) is 4.23. The molecule has 1 aromatic rings. The van der Waals surface area contributed by atoms with Gasteiger partial charge < -0.3 is 9.88 Å². The van der Waals surface area contributed by atoms with Gasteiger partial charge in [-0.15, -0.1) is 0 Å². The zero-order valence-electron chi connectivity index (χ0n) is 15.4. The molecule has 27 heavy (non-hydrogen) atoms. The summed E-state index contributed by atoms with van der Waals surface area (Å²) >= 11 is 1.13. The fraction of sp³-hybridized carbons (Fsp3) is 0.611. The Hall–Kier alpha value is -2.16. The topological polar surface area (TPSA) is 112 Å². The predicted octanol–water partition coefficient (Wildman–Crippen LogP) is 1.00. The summed E-state index contributed by atoms with van der Waals surface area (Å²) in [5, 5.41) is 2.77. The van der Waals surface area contributed by atoms with Crippen LogP contribution in [-0.4, -0.2) is 50.4 Å². The van der Waals surface area contributed by atoms with Crippen molar-refractivity contribution in [1.82, 2.24) is 20.2 Å². The molecule has 8 nitrogen and oxygen atoms in total. The molecule has 0 radical (unpaired) electrons. The van der Waals surface area contributed by atoms with Gasteiger partial charge in [0.05, 0.1) is 5.75 Å². The molecule has 2 N–H and O–H groups in total. The quantitative estimate of drug-likeness (QED) is 0.439. The highest BCUT2D eigenvalue weighted by Gasteiger charge is 2.50. The number of carbonyl (C=O) groups is 3. The number of aromatic nitrogens is 2. The lowest BCUT2D eigenvalue weighted by Crippen LogP contribution is -2.69. The lowest BCUT2D eigenvalue weighted by Gasteiger charge is -2.47. The van der Waals surface area contributed by atoms with Crippen LogP contribution in [0.2, 0.25) is 0 Å². The average Bonchev–Trinajstić information content (AvgIpc) is 2.63. The number of carbonyl (C=O) groups excluding carboxylic acids is 3. The SMILES string of the molecule is CCCc1cc(=O)[nH]c(SCC(=O)N2CC(=O)NC(=O)C23CCCCC3)n1. The first-order chi connectivity index (χ1) is 12.9. The molecule has 3 amide bonds. The summed E-state index contributed by atoms with van der Waals surface area (Å²) in [6.07, 6.45) is 5.43. The molecule has 1 spiro atoms. The van der Waals surface area contributed by atoms with Crippen LogP contribution in [0.3, 0.4) is 0 Å². The Morgan fingerprint density at radius 1 is 1.26 bits per heavy atom. The Kier molecular flexibility index (Phi) is 5.98. The van der Waals surface area contributed by atoms with E-state index in [1.807, 2.05) is 6.92 Å². The number of imide groups is 1. The van der Waals surface area contributed by atoms with Crippen molar-refractivity contribution >= 4 is 29.5 Å². The normalized spacial score (nSPS) is 19.2. The molecule has 1 aromatic heterocycles. The monoisotopic (exact) mass is 392 g/mol. The molecule has 1 aliphatic heterocycles. The van der Waals surface area contributed by atoms with E-state index in [2.05, 4.69) is 15.3 Å². The van der Waals surface area contributed by atoms with Crippen LogP contribution in [0.25, 0.3) is 0 Å². The summed E-state index contributed by atoms with van der Waals surface area (Å²) in [7, 11) is 0. The zero-order valence-corrected chi connectivity index (χ0v) is 16.2. The molecule has 0 bridgehead atoms. The van der Waals surface area contributed by atoms with Gasteiger partial charge >= 0.3 is 0 Å². The number of amides is 3. The molecule has 0 aromatic carbocycles. The molecule has 1 aliphatic carbocycles. The van der Waals surface area contributed by atoms with Gasteiger partial charge in [-0.2, -0.15) is 0 Å². The molecule has 2 heterocycles. The summed E-state index contributed by atoms with van der Waals surface area (Å²) in [5.74, 6) is -1.09. The zero-order chi connectivity index (χ0) is 19.4. The molecule has 1 saturated heterocycles. The highest BCUT2D eigenvalue weighted by Crippen LogP contribution is 2.36. The van der Waals surface area contributed by atoms with E-state index < -0.39 is 11.4 Å². The Labute approximate surface area is 161 Å². The molecular formula is C18H24N4O4S. The van der Waals surface area contributed by atoms with Crippen LogP contribution >= 0.6 is 11.8 Å². The fourth-order valence-corrected chi connectivity index (χ4v) is 4.58. The van der Waals surface area contributed by atoms with Crippen molar-refractivity contribution in [2.45, 2.75) is 62.6 Å². The van der Waals surface area contributed by atoms with Crippen LogP contribution < -0.4 is 10.9 Å². The molecule has 9 heteroatoms. The van der Waals surface area contributed by atoms with E-state index in [0.29, 0.717) is 30.1 Å². The number of nitrogens with zero attached hydrogens (tertiary/aromatic N) is 2. The molecule has 1 saturated carbocycles. The van der Waals surface area contributed by atoms with Gasteiger partial charge in [0.1, 0.15) is 12.1 Å². The fourth-order valence-electron chi connectivity index (χ4n) is 3.80.